The highest BCUT2D eigenvalue weighted by atomic mass is 16.2. The van der Waals surface area contributed by atoms with Crippen LogP contribution in [-0.4, -0.2) is 41.4 Å². The molecule has 13 heavy (non-hydrogen) atoms. The zero-order valence-electron chi connectivity index (χ0n) is 8.41. The van der Waals surface area contributed by atoms with Gasteiger partial charge in [-0.05, 0) is 12.8 Å². The second-order valence-corrected chi connectivity index (χ2v) is 3.69. The Kier molecular flexibility index (Phi) is 2.90. The SMILES string of the molecule is CCN1C(=O)CN(CC(C)C)C1=O. The third kappa shape index (κ3) is 1.99. The molecule has 0 radical (unpaired) electrons. The molecular weight excluding hydrogens is 168 g/mol. The Balaban J connectivity index is 2.62. The molecule has 0 aromatic carbocycles. The molecule has 4 heteroatoms. The summed E-state index contributed by atoms with van der Waals surface area (Å²) in [5.74, 6) is 0.335. The number of hydrogen-bond donors (Lipinski definition) is 0. The molecule has 1 aliphatic heterocycles. The predicted octanol–water partition coefficient (Wildman–Crippen LogP) is 0.926. The molecule has 0 aromatic rings. The molecule has 0 atom stereocenters. The number of amides is 3. The zero-order chi connectivity index (χ0) is 10.0. The molecule has 3 amide bonds. The first-order valence-corrected chi connectivity index (χ1v) is 4.65. The van der Waals surface area contributed by atoms with E-state index in [0.717, 1.165) is 0 Å². The van der Waals surface area contributed by atoms with E-state index < -0.39 is 0 Å². The van der Waals surface area contributed by atoms with Crippen molar-refractivity contribution in [3.63, 3.8) is 0 Å². The summed E-state index contributed by atoms with van der Waals surface area (Å²) in [6, 6.07) is -0.138. The van der Waals surface area contributed by atoms with Crippen LogP contribution in [0.2, 0.25) is 0 Å². The summed E-state index contributed by atoms with van der Waals surface area (Å²) < 4.78 is 0. The Morgan fingerprint density at radius 1 is 1.38 bits per heavy atom. The summed E-state index contributed by atoms with van der Waals surface area (Å²) in [6.07, 6.45) is 0. The highest BCUT2D eigenvalue weighted by Crippen LogP contribution is 2.11. The fourth-order valence-corrected chi connectivity index (χ4v) is 1.49. The smallest absolute Gasteiger partial charge is 0.315 e. The van der Waals surface area contributed by atoms with E-state index in [2.05, 4.69) is 0 Å². The predicted molar refractivity (Wildman–Crippen MR) is 49.2 cm³/mol. The highest BCUT2D eigenvalue weighted by molar-refractivity contribution is 6.01. The molecule has 1 aliphatic rings. The van der Waals surface area contributed by atoms with Crippen LogP contribution in [0.1, 0.15) is 20.8 Å². The van der Waals surface area contributed by atoms with Crippen molar-refractivity contribution < 1.29 is 9.59 Å². The maximum atomic E-state index is 11.5. The van der Waals surface area contributed by atoms with Crippen molar-refractivity contribution in [3.8, 4) is 0 Å². The lowest BCUT2D eigenvalue weighted by Crippen LogP contribution is -2.34. The minimum atomic E-state index is -0.138. The molecule has 0 aromatic heterocycles. The first-order valence-electron chi connectivity index (χ1n) is 4.65. The van der Waals surface area contributed by atoms with Gasteiger partial charge in [-0.2, -0.15) is 0 Å². The van der Waals surface area contributed by atoms with Gasteiger partial charge in [-0.3, -0.25) is 9.69 Å². The lowest BCUT2D eigenvalue weighted by molar-refractivity contribution is -0.125. The topological polar surface area (TPSA) is 40.6 Å². The van der Waals surface area contributed by atoms with Crippen molar-refractivity contribution in [2.45, 2.75) is 20.8 Å². The van der Waals surface area contributed by atoms with Gasteiger partial charge in [0.1, 0.15) is 6.54 Å². The van der Waals surface area contributed by atoms with Crippen LogP contribution in [0.4, 0.5) is 4.79 Å². The molecule has 1 fully saturated rings. The average molecular weight is 184 g/mol. The summed E-state index contributed by atoms with van der Waals surface area (Å²) in [6.45, 7) is 7.28. The van der Waals surface area contributed by atoms with Crippen molar-refractivity contribution in [2.75, 3.05) is 19.6 Å². The van der Waals surface area contributed by atoms with E-state index in [1.807, 2.05) is 20.8 Å². The molecule has 0 unspecified atom stereocenters. The molecule has 0 bridgehead atoms. The number of nitrogens with zero attached hydrogens (tertiary/aromatic N) is 2. The Labute approximate surface area is 78.5 Å². The minimum absolute atomic E-state index is 0.0758. The maximum absolute atomic E-state index is 11.5. The van der Waals surface area contributed by atoms with Gasteiger partial charge in [0.25, 0.3) is 0 Å². The maximum Gasteiger partial charge on any atom is 0.327 e. The molecule has 4 nitrogen and oxygen atoms in total. The summed E-state index contributed by atoms with van der Waals surface area (Å²) in [5.41, 5.74) is 0. The van der Waals surface area contributed by atoms with Crippen LogP contribution in [0.25, 0.3) is 0 Å². The fraction of sp³-hybridized carbons (Fsp3) is 0.778. The molecule has 1 heterocycles. The molecule has 74 valence electrons. The Bertz CT molecular complexity index is 226. The number of imide groups is 1. The number of hydrogen-bond acceptors (Lipinski definition) is 2. The van der Waals surface area contributed by atoms with Crippen LogP contribution in [0.3, 0.4) is 0 Å². The van der Waals surface area contributed by atoms with Gasteiger partial charge >= 0.3 is 6.03 Å². The third-order valence-electron chi connectivity index (χ3n) is 2.03. The Hall–Kier alpha value is -1.06. The minimum Gasteiger partial charge on any atom is -0.315 e. The summed E-state index contributed by atoms with van der Waals surface area (Å²) in [5, 5.41) is 0. The van der Waals surface area contributed by atoms with Crippen LogP contribution in [0.15, 0.2) is 0 Å². The molecule has 1 saturated heterocycles. The second-order valence-electron chi connectivity index (χ2n) is 3.69. The third-order valence-corrected chi connectivity index (χ3v) is 2.03. The number of carbonyl (C=O) groups is 2. The normalized spacial score (nSPS) is 17.8. The van der Waals surface area contributed by atoms with Crippen LogP contribution in [0.5, 0.6) is 0 Å². The quantitative estimate of drug-likeness (QED) is 0.612. The molecule has 0 spiro atoms. The fourth-order valence-electron chi connectivity index (χ4n) is 1.49. The number of carbonyl (C=O) groups excluding carboxylic acids is 2. The van der Waals surface area contributed by atoms with Crippen molar-refractivity contribution >= 4 is 11.9 Å². The lowest BCUT2D eigenvalue weighted by atomic mass is 10.2. The zero-order valence-corrected chi connectivity index (χ0v) is 8.41. The van der Waals surface area contributed by atoms with Gasteiger partial charge in [-0.15, -0.1) is 0 Å². The summed E-state index contributed by atoms with van der Waals surface area (Å²) in [4.78, 5) is 25.7. The average Bonchev–Trinajstić information content (AvgIpc) is 2.26. The Morgan fingerprint density at radius 2 is 2.00 bits per heavy atom. The highest BCUT2D eigenvalue weighted by Gasteiger charge is 2.34. The van der Waals surface area contributed by atoms with Gasteiger partial charge in [-0.25, -0.2) is 4.79 Å². The lowest BCUT2D eigenvalue weighted by Gasteiger charge is -2.17. The van der Waals surface area contributed by atoms with Gasteiger partial charge in [0, 0.05) is 13.1 Å². The van der Waals surface area contributed by atoms with E-state index in [0.29, 0.717) is 19.0 Å². The molecule has 1 rings (SSSR count). The van der Waals surface area contributed by atoms with Crippen LogP contribution in [0, 0.1) is 5.92 Å². The van der Waals surface area contributed by atoms with Crippen LogP contribution >= 0.6 is 0 Å². The van der Waals surface area contributed by atoms with Gasteiger partial charge in [0.2, 0.25) is 5.91 Å². The van der Waals surface area contributed by atoms with Crippen molar-refractivity contribution in [3.05, 3.63) is 0 Å². The van der Waals surface area contributed by atoms with E-state index in [-0.39, 0.29) is 18.5 Å². The van der Waals surface area contributed by atoms with Gasteiger partial charge in [0.15, 0.2) is 0 Å². The number of rotatable bonds is 3. The van der Waals surface area contributed by atoms with E-state index in [4.69, 9.17) is 0 Å². The van der Waals surface area contributed by atoms with E-state index in [1.165, 1.54) is 4.90 Å². The van der Waals surface area contributed by atoms with Crippen molar-refractivity contribution in [1.82, 2.24) is 9.80 Å². The standard InChI is InChI=1S/C9H16N2O2/c1-4-11-8(12)6-10(9(11)13)5-7(2)3/h7H,4-6H2,1-3H3. The molecule has 0 aliphatic carbocycles. The van der Waals surface area contributed by atoms with E-state index in [1.54, 1.807) is 4.90 Å². The van der Waals surface area contributed by atoms with Crippen LogP contribution in [-0.2, 0) is 4.79 Å². The first kappa shape index (κ1) is 10.0. The van der Waals surface area contributed by atoms with Crippen LogP contribution < -0.4 is 0 Å². The van der Waals surface area contributed by atoms with Gasteiger partial charge in [-0.1, -0.05) is 13.8 Å². The molecule has 0 N–H and O–H groups in total. The van der Waals surface area contributed by atoms with E-state index >= 15 is 0 Å². The number of urea groups is 1. The second kappa shape index (κ2) is 3.77. The Morgan fingerprint density at radius 3 is 2.38 bits per heavy atom. The summed E-state index contributed by atoms with van der Waals surface area (Å²) >= 11 is 0. The van der Waals surface area contributed by atoms with Gasteiger partial charge < -0.3 is 4.90 Å². The number of likely N-dealkylation sites (N-methyl/N-ethyl adjacent to an activating group) is 1. The van der Waals surface area contributed by atoms with Crippen molar-refractivity contribution in [1.29, 1.82) is 0 Å². The largest absolute Gasteiger partial charge is 0.327 e. The van der Waals surface area contributed by atoms with Crippen molar-refractivity contribution in [2.24, 2.45) is 5.92 Å². The molecular formula is C9H16N2O2. The van der Waals surface area contributed by atoms with Gasteiger partial charge in [0.05, 0.1) is 0 Å². The monoisotopic (exact) mass is 184 g/mol. The van der Waals surface area contributed by atoms with E-state index in [9.17, 15) is 9.59 Å². The first-order chi connectivity index (χ1) is 6.06. The summed E-state index contributed by atoms with van der Waals surface area (Å²) in [7, 11) is 0. The molecule has 0 saturated carbocycles.